The van der Waals surface area contributed by atoms with E-state index in [9.17, 15) is 17.6 Å². The first-order chi connectivity index (χ1) is 13.6. The Labute approximate surface area is 172 Å². The lowest BCUT2D eigenvalue weighted by Crippen LogP contribution is -2.25. The lowest BCUT2D eigenvalue weighted by Gasteiger charge is -2.06. The van der Waals surface area contributed by atoms with Crippen LogP contribution in [0.3, 0.4) is 0 Å². The van der Waals surface area contributed by atoms with E-state index in [1.54, 1.807) is 18.2 Å². The van der Waals surface area contributed by atoms with E-state index in [0.717, 1.165) is 23.7 Å². The minimum Gasteiger partial charge on any atom is -0.352 e. The van der Waals surface area contributed by atoms with Crippen LogP contribution in [0.15, 0.2) is 36.4 Å². The third-order valence-electron chi connectivity index (χ3n) is 4.32. The molecule has 1 aromatic heterocycles. The molecule has 0 aliphatic carbocycles. The maximum absolute atomic E-state index is 13.2. The van der Waals surface area contributed by atoms with Gasteiger partial charge in [-0.3, -0.25) is 9.52 Å². The lowest BCUT2D eigenvalue weighted by molar-refractivity contribution is 0.0953. The molecule has 0 unspecified atom stereocenters. The van der Waals surface area contributed by atoms with Gasteiger partial charge in [0, 0.05) is 25.6 Å². The molecular formula is C19H20ClFN4O3S. The summed E-state index contributed by atoms with van der Waals surface area (Å²) < 4.78 is 40.3. The van der Waals surface area contributed by atoms with Crippen molar-refractivity contribution in [3.05, 3.63) is 58.6 Å². The lowest BCUT2D eigenvalue weighted by atomic mass is 10.2. The van der Waals surface area contributed by atoms with Crippen molar-refractivity contribution in [1.29, 1.82) is 0 Å². The van der Waals surface area contributed by atoms with Gasteiger partial charge in [-0.05, 0) is 42.8 Å². The molecule has 3 aromatic rings. The number of carbonyl (C=O) groups excluding carboxylic acids is 1. The molecule has 154 valence electrons. The molecule has 1 heterocycles. The number of carbonyl (C=O) groups is 1. The van der Waals surface area contributed by atoms with E-state index in [1.165, 1.54) is 12.1 Å². The minimum absolute atomic E-state index is 0.0953. The molecule has 0 fully saturated rings. The SMILES string of the molecule is Cn1c(CCCNC(=O)c2ccc(F)c(Cl)c2)nc2cc(NS(C)(=O)=O)ccc21. The van der Waals surface area contributed by atoms with Gasteiger partial charge in [0.05, 0.1) is 28.0 Å². The monoisotopic (exact) mass is 438 g/mol. The van der Waals surface area contributed by atoms with Crippen LogP contribution in [0.5, 0.6) is 0 Å². The summed E-state index contributed by atoms with van der Waals surface area (Å²) in [6.45, 7) is 0.415. The van der Waals surface area contributed by atoms with Crippen LogP contribution >= 0.6 is 11.6 Å². The first-order valence-electron chi connectivity index (χ1n) is 8.80. The Morgan fingerprint density at radius 2 is 2.00 bits per heavy atom. The van der Waals surface area contributed by atoms with Crippen molar-refractivity contribution in [2.75, 3.05) is 17.5 Å². The summed E-state index contributed by atoms with van der Waals surface area (Å²) in [5.74, 6) is -0.0797. The summed E-state index contributed by atoms with van der Waals surface area (Å²) in [5, 5.41) is 2.67. The predicted octanol–water partition coefficient (Wildman–Crippen LogP) is 3.10. The van der Waals surface area contributed by atoms with Crippen molar-refractivity contribution in [1.82, 2.24) is 14.9 Å². The largest absolute Gasteiger partial charge is 0.352 e. The zero-order valence-electron chi connectivity index (χ0n) is 15.9. The Hall–Kier alpha value is -2.65. The van der Waals surface area contributed by atoms with Crippen molar-refractivity contribution < 1.29 is 17.6 Å². The fraction of sp³-hybridized carbons (Fsp3) is 0.263. The Morgan fingerprint density at radius 1 is 1.24 bits per heavy atom. The zero-order chi connectivity index (χ0) is 21.2. The molecule has 1 amide bonds. The fourth-order valence-corrected chi connectivity index (χ4v) is 3.67. The Kier molecular flexibility index (Phi) is 6.09. The summed E-state index contributed by atoms with van der Waals surface area (Å²) >= 11 is 5.70. The van der Waals surface area contributed by atoms with Crippen LogP contribution in [0, 0.1) is 5.82 Å². The summed E-state index contributed by atoms with van der Waals surface area (Å²) in [4.78, 5) is 16.7. The number of nitrogens with one attached hydrogen (secondary N) is 2. The molecule has 2 aromatic carbocycles. The number of hydrogen-bond acceptors (Lipinski definition) is 4. The first kappa shape index (κ1) is 21.1. The molecule has 7 nitrogen and oxygen atoms in total. The molecule has 29 heavy (non-hydrogen) atoms. The molecule has 0 aliphatic heterocycles. The van der Waals surface area contributed by atoms with Gasteiger partial charge in [0.2, 0.25) is 10.0 Å². The number of benzene rings is 2. The maximum atomic E-state index is 13.2. The average molecular weight is 439 g/mol. The third kappa shape index (κ3) is 5.24. The van der Waals surface area contributed by atoms with E-state index < -0.39 is 15.8 Å². The van der Waals surface area contributed by atoms with E-state index in [-0.39, 0.29) is 10.9 Å². The summed E-state index contributed by atoms with van der Waals surface area (Å²) in [5.41, 5.74) is 2.31. The molecule has 0 spiro atoms. The molecule has 0 bridgehead atoms. The molecule has 3 rings (SSSR count). The van der Waals surface area contributed by atoms with Gasteiger partial charge >= 0.3 is 0 Å². The molecule has 0 saturated carbocycles. The van der Waals surface area contributed by atoms with Gasteiger partial charge in [-0.1, -0.05) is 11.6 Å². The highest BCUT2D eigenvalue weighted by Crippen LogP contribution is 2.21. The number of rotatable bonds is 7. The standard InChI is InChI=1S/C19H20ClFN4O3S/c1-25-17-8-6-13(24-29(2,27)28)11-16(17)23-18(25)4-3-9-22-19(26)12-5-7-15(21)14(20)10-12/h5-8,10-11,24H,3-4,9H2,1-2H3,(H,22,26). The van der Waals surface area contributed by atoms with Crippen LogP contribution in [-0.2, 0) is 23.5 Å². The number of amides is 1. The number of aryl methyl sites for hydroxylation is 2. The zero-order valence-corrected chi connectivity index (χ0v) is 17.4. The normalized spacial score (nSPS) is 11.6. The van der Waals surface area contributed by atoms with Gasteiger partial charge in [0.15, 0.2) is 0 Å². The van der Waals surface area contributed by atoms with E-state index >= 15 is 0 Å². The van der Waals surface area contributed by atoms with Crippen LogP contribution < -0.4 is 10.0 Å². The van der Waals surface area contributed by atoms with Crippen molar-refractivity contribution in [2.45, 2.75) is 12.8 Å². The van der Waals surface area contributed by atoms with Crippen LogP contribution in [0.1, 0.15) is 22.6 Å². The number of halogens is 2. The third-order valence-corrected chi connectivity index (χ3v) is 5.22. The topological polar surface area (TPSA) is 93.1 Å². The van der Waals surface area contributed by atoms with Gasteiger partial charge in [-0.25, -0.2) is 17.8 Å². The molecule has 0 atom stereocenters. The molecular weight excluding hydrogens is 419 g/mol. The van der Waals surface area contributed by atoms with Gasteiger partial charge in [0.1, 0.15) is 11.6 Å². The molecule has 10 heteroatoms. The van der Waals surface area contributed by atoms with Crippen molar-refractivity contribution in [2.24, 2.45) is 7.05 Å². The van der Waals surface area contributed by atoms with Gasteiger partial charge in [-0.2, -0.15) is 0 Å². The summed E-state index contributed by atoms with van der Waals surface area (Å²) in [7, 11) is -1.47. The number of hydrogen-bond donors (Lipinski definition) is 2. The number of anilines is 1. The van der Waals surface area contributed by atoms with E-state index in [0.29, 0.717) is 36.2 Å². The smallest absolute Gasteiger partial charge is 0.251 e. The minimum atomic E-state index is -3.36. The van der Waals surface area contributed by atoms with Gasteiger partial charge in [0.25, 0.3) is 5.91 Å². The van der Waals surface area contributed by atoms with Gasteiger partial charge < -0.3 is 9.88 Å². The number of fused-ring (bicyclic) bond motifs is 1. The molecule has 0 aliphatic rings. The van der Waals surface area contributed by atoms with Crippen LogP contribution in [-0.4, -0.2) is 36.7 Å². The quantitative estimate of drug-likeness (QED) is 0.554. The van der Waals surface area contributed by atoms with E-state index in [4.69, 9.17) is 11.6 Å². The number of nitrogens with zero attached hydrogens (tertiary/aromatic N) is 2. The Morgan fingerprint density at radius 3 is 2.69 bits per heavy atom. The Bertz CT molecular complexity index is 1180. The van der Waals surface area contributed by atoms with E-state index in [2.05, 4.69) is 15.0 Å². The van der Waals surface area contributed by atoms with Crippen molar-refractivity contribution in [3.8, 4) is 0 Å². The number of imidazole rings is 1. The maximum Gasteiger partial charge on any atom is 0.251 e. The second-order valence-corrected chi connectivity index (χ2v) is 8.81. The highest BCUT2D eigenvalue weighted by Gasteiger charge is 2.11. The second kappa shape index (κ2) is 8.38. The fourth-order valence-electron chi connectivity index (χ4n) is 2.94. The molecule has 0 saturated heterocycles. The van der Waals surface area contributed by atoms with Crippen LogP contribution in [0.25, 0.3) is 11.0 Å². The predicted molar refractivity (Wildman–Crippen MR) is 111 cm³/mol. The van der Waals surface area contributed by atoms with Gasteiger partial charge in [-0.15, -0.1) is 0 Å². The summed E-state index contributed by atoms with van der Waals surface area (Å²) in [6.07, 6.45) is 2.35. The Balaban J connectivity index is 1.61. The van der Waals surface area contributed by atoms with Crippen molar-refractivity contribution >= 4 is 44.3 Å². The first-order valence-corrected chi connectivity index (χ1v) is 11.1. The van der Waals surface area contributed by atoms with Crippen molar-refractivity contribution in [3.63, 3.8) is 0 Å². The highest BCUT2D eigenvalue weighted by molar-refractivity contribution is 7.92. The second-order valence-electron chi connectivity index (χ2n) is 6.65. The number of aromatic nitrogens is 2. The highest BCUT2D eigenvalue weighted by atomic mass is 35.5. The molecule has 0 radical (unpaired) electrons. The van der Waals surface area contributed by atoms with Crippen LogP contribution in [0.4, 0.5) is 10.1 Å². The molecule has 2 N–H and O–H groups in total. The van der Waals surface area contributed by atoms with Crippen LogP contribution in [0.2, 0.25) is 5.02 Å². The summed E-state index contributed by atoms with van der Waals surface area (Å²) in [6, 6.07) is 9.00. The number of sulfonamides is 1. The average Bonchev–Trinajstić information content (AvgIpc) is 2.94. The van der Waals surface area contributed by atoms with E-state index in [1.807, 2.05) is 11.6 Å².